The SMILES string of the molecule is COc1c(N2C=C(C(=O)O)[C@H](c3ccc(F)cc3)CC2=O)ccc(C(N)=O)c1C. The minimum absolute atomic E-state index is 0.0186. The van der Waals surface area contributed by atoms with Gasteiger partial charge in [-0.3, -0.25) is 14.5 Å². The predicted molar refractivity (Wildman–Crippen MR) is 103 cm³/mol. The molecule has 7 nitrogen and oxygen atoms in total. The van der Waals surface area contributed by atoms with E-state index in [9.17, 15) is 23.9 Å². The number of hydrogen-bond donors (Lipinski definition) is 2. The number of aliphatic carboxylic acids is 1. The van der Waals surface area contributed by atoms with E-state index in [2.05, 4.69) is 0 Å². The van der Waals surface area contributed by atoms with E-state index < -0.39 is 23.6 Å². The smallest absolute Gasteiger partial charge is 0.333 e. The molecule has 0 aromatic heterocycles. The van der Waals surface area contributed by atoms with Crippen molar-refractivity contribution < 1.29 is 28.6 Å². The van der Waals surface area contributed by atoms with Crippen LogP contribution in [0.1, 0.15) is 33.8 Å². The standard InChI is InChI=1S/C21H19FN2O5/c1-11-14(20(23)26)7-8-17(19(11)29-2)24-10-16(21(27)28)15(9-18(24)25)12-3-5-13(22)6-4-12/h3-8,10,15H,9H2,1-2H3,(H2,23,26)(H,27,28)/t15-/m0/s1. The van der Waals surface area contributed by atoms with E-state index in [1.54, 1.807) is 6.92 Å². The van der Waals surface area contributed by atoms with E-state index in [0.717, 1.165) is 0 Å². The summed E-state index contributed by atoms with van der Waals surface area (Å²) in [5.41, 5.74) is 6.85. The van der Waals surface area contributed by atoms with Gasteiger partial charge in [0.1, 0.15) is 11.6 Å². The van der Waals surface area contributed by atoms with Crippen molar-refractivity contribution in [2.75, 3.05) is 12.0 Å². The van der Waals surface area contributed by atoms with Crippen LogP contribution >= 0.6 is 0 Å². The Morgan fingerprint density at radius 2 is 1.86 bits per heavy atom. The van der Waals surface area contributed by atoms with Crippen LogP contribution in [0.5, 0.6) is 5.75 Å². The van der Waals surface area contributed by atoms with E-state index in [1.807, 2.05) is 0 Å². The number of amides is 2. The van der Waals surface area contributed by atoms with Crippen LogP contribution < -0.4 is 15.4 Å². The Bertz CT molecular complexity index is 1030. The number of carboxylic acid groups (broad SMARTS) is 1. The monoisotopic (exact) mass is 398 g/mol. The number of primary amides is 1. The molecule has 0 unspecified atom stereocenters. The van der Waals surface area contributed by atoms with E-state index in [0.29, 0.717) is 16.8 Å². The summed E-state index contributed by atoms with van der Waals surface area (Å²) in [6, 6.07) is 8.32. The summed E-state index contributed by atoms with van der Waals surface area (Å²) in [5, 5.41) is 9.70. The Morgan fingerprint density at radius 3 is 2.41 bits per heavy atom. The zero-order valence-corrected chi connectivity index (χ0v) is 15.8. The van der Waals surface area contributed by atoms with E-state index in [4.69, 9.17) is 10.5 Å². The maximum atomic E-state index is 13.2. The average molecular weight is 398 g/mol. The van der Waals surface area contributed by atoms with Crippen LogP contribution in [0.4, 0.5) is 10.1 Å². The van der Waals surface area contributed by atoms with Crippen molar-refractivity contribution in [1.29, 1.82) is 0 Å². The Morgan fingerprint density at radius 1 is 1.21 bits per heavy atom. The lowest BCUT2D eigenvalue weighted by Gasteiger charge is -2.31. The van der Waals surface area contributed by atoms with Crippen molar-refractivity contribution in [3.05, 3.63) is 70.7 Å². The molecule has 150 valence electrons. The molecular formula is C21H19FN2O5. The number of carbonyl (C=O) groups excluding carboxylic acids is 2. The van der Waals surface area contributed by atoms with Crippen LogP contribution in [0.15, 0.2) is 48.2 Å². The highest BCUT2D eigenvalue weighted by Crippen LogP contribution is 2.40. The lowest BCUT2D eigenvalue weighted by molar-refractivity contribution is -0.133. The second-order valence-corrected chi connectivity index (χ2v) is 6.62. The van der Waals surface area contributed by atoms with Crippen molar-refractivity contribution in [3.63, 3.8) is 0 Å². The molecule has 0 aliphatic carbocycles. The van der Waals surface area contributed by atoms with E-state index in [-0.39, 0.29) is 29.2 Å². The van der Waals surface area contributed by atoms with Gasteiger partial charge in [0, 0.05) is 29.7 Å². The van der Waals surface area contributed by atoms with Crippen molar-refractivity contribution in [1.82, 2.24) is 0 Å². The first kappa shape index (κ1) is 20.1. The highest BCUT2D eigenvalue weighted by atomic mass is 19.1. The molecule has 1 aliphatic heterocycles. The average Bonchev–Trinajstić information content (AvgIpc) is 2.67. The van der Waals surface area contributed by atoms with Gasteiger partial charge in [0.05, 0.1) is 18.4 Å². The number of benzene rings is 2. The molecule has 2 aromatic carbocycles. The van der Waals surface area contributed by atoms with Gasteiger partial charge < -0.3 is 15.6 Å². The van der Waals surface area contributed by atoms with Crippen LogP contribution in [0.3, 0.4) is 0 Å². The first-order valence-electron chi connectivity index (χ1n) is 8.74. The summed E-state index contributed by atoms with van der Waals surface area (Å²) in [5.74, 6) is -3.12. The number of ether oxygens (including phenoxy) is 1. The van der Waals surface area contributed by atoms with Gasteiger partial charge in [0.2, 0.25) is 11.8 Å². The summed E-state index contributed by atoms with van der Waals surface area (Å²) < 4.78 is 18.6. The van der Waals surface area contributed by atoms with Gasteiger partial charge >= 0.3 is 5.97 Å². The normalized spacial score (nSPS) is 16.4. The van der Waals surface area contributed by atoms with Gasteiger partial charge in [0.15, 0.2) is 0 Å². The number of hydrogen-bond acceptors (Lipinski definition) is 4. The van der Waals surface area contributed by atoms with Crippen LogP contribution in [-0.4, -0.2) is 30.0 Å². The van der Waals surface area contributed by atoms with Crippen LogP contribution in [0.2, 0.25) is 0 Å². The molecule has 1 atom stereocenters. The summed E-state index contributed by atoms with van der Waals surface area (Å²) in [6.07, 6.45) is 1.12. The Labute approximate surface area is 166 Å². The number of halogens is 1. The number of nitrogens with zero attached hydrogens (tertiary/aromatic N) is 1. The molecule has 0 bridgehead atoms. The third-order valence-electron chi connectivity index (χ3n) is 4.92. The molecule has 2 aromatic rings. The Balaban J connectivity index is 2.11. The van der Waals surface area contributed by atoms with Gasteiger partial charge in [-0.2, -0.15) is 0 Å². The summed E-state index contributed by atoms with van der Waals surface area (Å²) in [4.78, 5) is 37.5. The van der Waals surface area contributed by atoms with E-state index >= 15 is 0 Å². The largest absolute Gasteiger partial charge is 0.494 e. The maximum Gasteiger partial charge on any atom is 0.333 e. The van der Waals surface area contributed by atoms with Gasteiger partial charge in [-0.15, -0.1) is 0 Å². The number of rotatable bonds is 5. The quantitative estimate of drug-likeness (QED) is 0.805. The third-order valence-corrected chi connectivity index (χ3v) is 4.92. The third kappa shape index (κ3) is 3.69. The number of nitrogens with two attached hydrogens (primary N) is 1. The Hall–Kier alpha value is -3.68. The van der Waals surface area contributed by atoms with Crippen molar-refractivity contribution in [2.45, 2.75) is 19.3 Å². The van der Waals surface area contributed by atoms with Crippen molar-refractivity contribution >= 4 is 23.5 Å². The zero-order valence-electron chi connectivity index (χ0n) is 15.8. The highest BCUT2D eigenvalue weighted by Gasteiger charge is 2.34. The summed E-state index contributed by atoms with van der Waals surface area (Å²) in [7, 11) is 1.38. The van der Waals surface area contributed by atoms with Crippen LogP contribution in [0.25, 0.3) is 0 Å². The van der Waals surface area contributed by atoms with Crippen LogP contribution in [-0.2, 0) is 9.59 Å². The molecule has 8 heteroatoms. The summed E-state index contributed by atoms with van der Waals surface area (Å²) in [6.45, 7) is 1.62. The fourth-order valence-corrected chi connectivity index (χ4v) is 3.48. The predicted octanol–water partition coefficient (Wildman–Crippen LogP) is 2.73. The zero-order chi connectivity index (χ0) is 21.3. The summed E-state index contributed by atoms with van der Waals surface area (Å²) >= 11 is 0. The maximum absolute atomic E-state index is 13.2. The lowest BCUT2D eigenvalue weighted by atomic mass is 9.85. The lowest BCUT2D eigenvalue weighted by Crippen LogP contribution is -2.34. The molecular weight excluding hydrogens is 379 g/mol. The molecule has 0 fully saturated rings. The molecule has 0 saturated heterocycles. The number of methoxy groups -OCH3 is 1. The van der Waals surface area contributed by atoms with Gasteiger partial charge in [-0.1, -0.05) is 12.1 Å². The minimum atomic E-state index is -1.19. The minimum Gasteiger partial charge on any atom is -0.494 e. The highest BCUT2D eigenvalue weighted by molar-refractivity contribution is 6.04. The first-order valence-corrected chi connectivity index (χ1v) is 8.74. The van der Waals surface area contributed by atoms with Crippen molar-refractivity contribution in [3.8, 4) is 5.75 Å². The fraction of sp³-hybridized carbons (Fsp3) is 0.190. The van der Waals surface area contributed by atoms with Gasteiger partial charge in [-0.25, -0.2) is 9.18 Å². The van der Waals surface area contributed by atoms with Crippen LogP contribution in [0, 0.1) is 12.7 Å². The van der Waals surface area contributed by atoms with Gasteiger partial charge in [-0.05, 0) is 36.8 Å². The first-order chi connectivity index (χ1) is 13.7. The second-order valence-electron chi connectivity index (χ2n) is 6.62. The molecule has 3 N–H and O–H groups in total. The molecule has 1 heterocycles. The topological polar surface area (TPSA) is 110 Å². The molecule has 0 radical (unpaired) electrons. The molecule has 3 rings (SSSR count). The number of carboxylic acids is 1. The molecule has 1 aliphatic rings. The Kier molecular flexibility index (Phi) is 5.36. The molecule has 0 saturated carbocycles. The second kappa shape index (κ2) is 7.75. The van der Waals surface area contributed by atoms with E-state index in [1.165, 1.54) is 54.6 Å². The molecule has 2 amide bonds. The molecule has 29 heavy (non-hydrogen) atoms. The number of anilines is 1. The fourth-order valence-electron chi connectivity index (χ4n) is 3.48. The number of carbonyl (C=O) groups is 3. The van der Waals surface area contributed by atoms with Gasteiger partial charge in [0.25, 0.3) is 0 Å². The van der Waals surface area contributed by atoms with Crippen molar-refractivity contribution in [2.24, 2.45) is 5.73 Å². The molecule has 0 spiro atoms.